The van der Waals surface area contributed by atoms with Crippen LogP contribution in [0.3, 0.4) is 0 Å². The second-order valence-electron chi connectivity index (χ2n) is 4.74. The van der Waals surface area contributed by atoms with E-state index in [9.17, 15) is 13.2 Å². The number of carboxylic acid groups (broad SMARTS) is 1. The van der Waals surface area contributed by atoms with Crippen LogP contribution in [0.2, 0.25) is 0 Å². The Hall–Kier alpha value is -0.620. The number of nitrogens with zero attached hydrogens (tertiary/aromatic N) is 1. The van der Waals surface area contributed by atoms with Gasteiger partial charge in [-0.2, -0.15) is 4.31 Å². The van der Waals surface area contributed by atoms with E-state index in [-0.39, 0.29) is 5.75 Å². The van der Waals surface area contributed by atoms with Crippen LogP contribution in [-0.4, -0.2) is 41.6 Å². The summed E-state index contributed by atoms with van der Waals surface area (Å²) in [6.07, 6.45) is 1.32. The number of unbranched alkanes of at least 4 members (excludes halogenated alkanes) is 1. The zero-order chi connectivity index (χ0) is 13.0. The first-order valence-electron chi connectivity index (χ1n) is 5.33. The van der Waals surface area contributed by atoms with Crippen molar-refractivity contribution in [1.29, 1.82) is 0 Å². The normalized spacial score (nSPS) is 13.1. The van der Waals surface area contributed by atoms with E-state index >= 15 is 0 Å². The van der Waals surface area contributed by atoms with E-state index in [0.717, 1.165) is 10.7 Å². The quantitative estimate of drug-likeness (QED) is 0.772. The number of aliphatic carboxylic acids is 1. The molecule has 0 aliphatic rings. The molecule has 0 aliphatic carbocycles. The van der Waals surface area contributed by atoms with Gasteiger partial charge in [-0.25, -0.2) is 8.42 Å². The van der Waals surface area contributed by atoms with Gasteiger partial charge in [-0.05, 0) is 27.2 Å². The zero-order valence-electron chi connectivity index (χ0n) is 10.4. The predicted molar refractivity (Wildman–Crippen MR) is 62.8 cm³/mol. The maximum absolute atomic E-state index is 11.9. The van der Waals surface area contributed by atoms with E-state index in [1.165, 1.54) is 0 Å². The van der Waals surface area contributed by atoms with Gasteiger partial charge in [0.25, 0.3) is 0 Å². The van der Waals surface area contributed by atoms with Gasteiger partial charge in [0.15, 0.2) is 0 Å². The Morgan fingerprint density at radius 3 is 2.12 bits per heavy atom. The molecule has 1 N–H and O–H groups in total. The molecule has 0 atom stereocenters. The van der Waals surface area contributed by atoms with Crippen LogP contribution >= 0.6 is 0 Å². The standard InChI is InChI=1S/C10H21NO4S/c1-5-6-7-16(14,15)11(8-9(12)13)10(2,3)4/h5-8H2,1-4H3,(H,12,13). The van der Waals surface area contributed by atoms with Crippen molar-refractivity contribution in [3.8, 4) is 0 Å². The Morgan fingerprint density at radius 2 is 1.81 bits per heavy atom. The van der Waals surface area contributed by atoms with Crippen LogP contribution < -0.4 is 0 Å². The molecule has 0 fully saturated rings. The lowest BCUT2D eigenvalue weighted by Crippen LogP contribution is -2.49. The largest absolute Gasteiger partial charge is 0.480 e. The SMILES string of the molecule is CCCCS(=O)(=O)N(CC(=O)O)C(C)(C)C. The third kappa shape index (κ3) is 4.94. The van der Waals surface area contributed by atoms with Gasteiger partial charge >= 0.3 is 5.97 Å². The minimum atomic E-state index is -3.48. The minimum absolute atomic E-state index is 0.00799. The third-order valence-corrected chi connectivity index (χ3v) is 4.27. The first-order valence-corrected chi connectivity index (χ1v) is 6.94. The van der Waals surface area contributed by atoms with Gasteiger partial charge in [-0.1, -0.05) is 13.3 Å². The molecule has 0 amide bonds. The smallest absolute Gasteiger partial charge is 0.318 e. The van der Waals surface area contributed by atoms with Crippen molar-refractivity contribution in [1.82, 2.24) is 4.31 Å². The second kappa shape index (κ2) is 5.63. The third-order valence-electron chi connectivity index (χ3n) is 2.12. The summed E-state index contributed by atoms with van der Waals surface area (Å²) in [6.45, 7) is 6.50. The summed E-state index contributed by atoms with van der Waals surface area (Å²) < 4.78 is 24.9. The van der Waals surface area contributed by atoms with Gasteiger partial charge in [0.05, 0.1) is 5.75 Å². The van der Waals surface area contributed by atoms with Crippen molar-refractivity contribution >= 4 is 16.0 Å². The number of hydrogen-bond acceptors (Lipinski definition) is 3. The molecule has 6 heteroatoms. The highest BCUT2D eigenvalue weighted by Gasteiger charge is 2.33. The van der Waals surface area contributed by atoms with E-state index in [4.69, 9.17) is 5.11 Å². The molecule has 0 bridgehead atoms. The molecule has 0 radical (unpaired) electrons. The summed E-state index contributed by atoms with van der Waals surface area (Å²) in [5, 5.41) is 8.73. The molecule has 0 saturated heterocycles. The maximum atomic E-state index is 11.9. The topological polar surface area (TPSA) is 74.7 Å². The highest BCUT2D eigenvalue weighted by molar-refractivity contribution is 7.89. The minimum Gasteiger partial charge on any atom is -0.480 e. The Labute approximate surface area is 97.5 Å². The van der Waals surface area contributed by atoms with Crippen molar-refractivity contribution in [2.45, 2.75) is 46.1 Å². The molecule has 0 spiro atoms. The lowest BCUT2D eigenvalue weighted by molar-refractivity contribution is -0.138. The monoisotopic (exact) mass is 251 g/mol. The molecule has 0 aromatic rings. The predicted octanol–water partition coefficient (Wildman–Crippen LogP) is 1.30. The molecule has 5 nitrogen and oxygen atoms in total. The fourth-order valence-electron chi connectivity index (χ4n) is 1.31. The zero-order valence-corrected chi connectivity index (χ0v) is 11.2. The van der Waals surface area contributed by atoms with Gasteiger partial charge in [-0.15, -0.1) is 0 Å². The summed E-state index contributed by atoms with van der Waals surface area (Å²) in [4.78, 5) is 10.7. The summed E-state index contributed by atoms with van der Waals surface area (Å²) in [7, 11) is -3.48. The fraction of sp³-hybridized carbons (Fsp3) is 0.900. The van der Waals surface area contributed by atoms with Crippen molar-refractivity contribution < 1.29 is 18.3 Å². The Balaban J connectivity index is 4.96. The number of hydrogen-bond donors (Lipinski definition) is 1. The van der Waals surface area contributed by atoms with E-state index in [2.05, 4.69) is 0 Å². The average Bonchev–Trinajstić information content (AvgIpc) is 2.09. The van der Waals surface area contributed by atoms with Crippen LogP contribution in [0.5, 0.6) is 0 Å². The van der Waals surface area contributed by atoms with Crippen molar-refractivity contribution in [2.24, 2.45) is 0 Å². The summed E-state index contributed by atoms with van der Waals surface area (Å²) in [5.74, 6) is -1.12. The molecular weight excluding hydrogens is 230 g/mol. The Kier molecular flexibility index (Phi) is 5.41. The van der Waals surface area contributed by atoms with Crippen LogP contribution in [0.1, 0.15) is 40.5 Å². The molecule has 0 rings (SSSR count). The molecule has 96 valence electrons. The fourth-order valence-corrected chi connectivity index (χ4v) is 3.33. The number of carboxylic acids is 1. The van der Waals surface area contributed by atoms with Crippen molar-refractivity contribution in [3.05, 3.63) is 0 Å². The van der Waals surface area contributed by atoms with Gasteiger partial charge in [0.2, 0.25) is 10.0 Å². The molecule has 0 unspecified atom stereocenters. The van der Waals surface area contributed by atoms with E-state index in [1.807, 2.05) is 6.92 Å². The van der Waals surface area contributed by atoms with Gasteiger partial charge < -0.3 is 5.11 Å². The molecule has 0 heterocycles. The molecule has 0 saturated carbocycles. The molecule has 16 heavy (non-hydrogen) atoms. The summed E-state index contributed by atoms with van der Waals surface area (Å²) in [6, 6.07) is 0. The molecular formula is C10H21NO4S. The summed E-state index contributed by atoms with van der Waals surface area (Å²) in [5.41, 5.74) is -0.703. The Morgan fingerprint density at radius 1 is 1.31 bits per heavy atom. The average molecular weight is 251 g/mol. The van der Waals surface area contributed by atoms with E-state index in [1.54, 1.807) is 20.8 Å². The van der Waals surface area contributed by atoms with E-state index in [0.29, 0.717) is 6.42 Å². The first kappa shape index (κ1) is 15.4. The van der Waals surface area contributed by atoms with Crippen molar-refractivity contribution in [2.75, 3.05) is 12.3 Å². The Bertz CT molecular complexity index is 329. The van der Waals surface area contributed by atoms with Gasteiger partial charge in [0, 0.05) is 5.54 Å². The first-order chi connectivity index (χ1) is 7.11. The summed E-state index contributed by atoms with van der Waals surface area (Å²) >= 11 is 0. The molecule has 0 aliphatic heterocycles. The van der Waals surface area contributed by atoms with Crippen molar-refractivity contribution in [3.63, 3.8) is 0 Å². The van der Waals surface area contributed by atoms with Crippen LogP contribution in [0.15, 0.2) is 0 Å². The highest BCUT2D eigenvalue weighted by Crippen LogP contribution is 2.19. The maximum Gasteiger partial charge on any atom is 0.318 e. The van der Waals surface area contributed by atoms with Crippen LogP contribution in [0, 0.1) is 0 Å². The molecule has 0 aromatic heterocycles. The number of rotatable bonds is 6. The molecule has 0 aromatic carbocycles. The lowest BCUT2D eigenvalue weighted by atomic mass is 10.1. The van der Waals surface area contributed by atoms with Crippen LogP contribution in [0.4, 0.5) is 0 Å². The van der Waals surface area contributed by atoms with Gasteiger partial charge in [-0.3, -0.25) is 4.79 Å². The number of sulfonamides is 1. The van der Waals surface area contributed by atoms with Gasteiger partial charge in [0.1, 0.15) is 6.54 Å². The number of carbonyl (C=O) groups is 1. The van der Waals surface area contributed by atoms with Crippen LogP contribution in [0.25, 0.3) is 0 Å². The second-order valence-corrected chi connectivity index (χ2v) is 6.75. The van der Waals surface area contributed by atoms with Crippen LogP contribution in [-0.2, 0) is 14.8 Å². The highest BCUT2D eigenvalue weighted by atomic mass is 32.2. The van der Waals surface area contributed by atoms with E-state index < -0.39 is 28.1 Å². The lowest BCUT2D eigenvalue weighted by Gasteiger charge is -2.33.